The van der Waals surface area contributed by atoms with Crippen molar-refractivity contribution < 1.29 is 5.11 Å². The van der Waals surface area contributed by atoms with Crippen LogP contribution in [0.1, 0.15) is 37.8 Å². The van der Waals surface area contributed by atoms with Gasteiger partial charge in [-0.15, -0.1) is 0 Å². The molecule has 2 rings (SSSR count). The molecule has 0 aliphatic heterocycles. The van der Waals surface area contributed by atoms with E-state index in [1.165, 1.54) is 4.40 Å². The maximum atomic E-state index is 12.1. The van der Waals surface area contributed by atoms with E-state index in [2.05, 4.69) is 4.98 Å². The van der Waals surface area contributed by atoms with Crippen molar-refractivity contribution in [1.29, 1.82) is 0 Å². The van der Waals surface area contributed by atoms with Crippen molar-refractivity contribution in [1.82, 2.24) is 9.38 Å². The number of rotatable bonds is 2. The number of pyridine rings is 1. The average molecular weight is 232 g/mol. The van der Waals surface area contributed by atoms with Crippen LogP contribution in [0.4, 0.5) is 0 Å². The monoisotopic (exact) mass is 232 g/mol. The molecule has 1 N–H and O–H groups in total. The van der Waals surface area contributed by atoms with Gasteiger partial charge in [-0.05, 0) is 24.0 Å². The predicted octanol–water partition coefficient (Wildman–Crippen LogP) is 2.09. The maximum absolute atomic E-state index is 12.1. The number of nitrogens with zero attached hydrogens (tertiary/aromatic N) is 2. The van der Waals surface area contributed by atoms with Crippen molar-refractivity contribution in [3.63, 3.8) is 0 Å². The molecule has 0 amide bonds. The van der Waals surface area contributed by atoms with Crippen LogP contribution in [0.5, 0.6) is 5.75 Å². The Bertz CT molecular complexity index is 615. The second-order valence-corrected chi connectivity index (χ2v) is 4.41. The Morgan fingerprint density at radius 1 is 1.47 bits per heavy atom. The molecular formula is C13H16N2O2. The zero-order chi connectivity index (χ0) is 12.6. The van der Waals surface area contributed by atoms with Crippen molar-refractivity contribution >= 4 is 5.65 Å². The summed E-state index contributed by atoms with van der Waals surface area (Å²) in [5.41, 5.74) is 1.68. The summed E-state index contributed by atoms with van der Waals surface area (Å²) in [5.74, 6) is 0.224. The van der Waals surface area contributed by atoms with Gasteiger partial charge in [0.15, 0.2) is 11.4 Å². The summed E-state index contributed by atoms with van der Waals surface area (Å²) in [6, 6.07) is 1.76. The number of aromatic nitrogens is 2. The van der Waals surface area contributed by atoms with Gasteiger partial charge in [-0.2, -0.15) is 0 Å². The summed E-state index contributed by atoms with van der Waals surface area (Å²) in [5, 5.41) is 9.98. The third-order valence-corrected chi connectivity index (χ3v) is 2.96. The normalized spacial score (nSPS) is 11.3. The van der Waals surface area contributed by atoms with Crippen molar-refractivity contribution in [2.24, 2.45) is 0 Å². The molecule has 2 aromatic heterocycles. The van der Waals surface area contributed by atoms with Gasteiger partial charge in [0.05, 0.1) is 0 Å². The highest BCUT2D eigenvalue weighted by Crippen LogP contribution is 2.21. The Morgan fingerprint density at radius 2 is 2.18 bits per heavy atom. The molecule has 0 fully saturated rings. The van der Waals surface area contributed by atoms with E-state index < -0.39 is 0 Å². The Labute approximate surface area is 99.6 Å². The zero-order valence-corrected chi connectivity index (χ0v) is 10.3. The standard InChI is InChI=1S/C13H16N2O2/c1-4-9-5-6-15-12(11(9)16)14-7-10(8(2)3)13(15)17/h5-8,16H,4H2,1-3H3. The van der Waals surface area contributed by atoms with Crippen LogP contribution in [0.2, 0.25) is 0 Å². The summed E-state index contributed by atoms with van der Waals surface area (Å²) in [4.78, 5) is 16.3. The summed E-state index contributed by atoms with van der Waals surface area (Å²) >= 11 is 0. The summed E-state index contributed by atoms with van der Waals surface area (Å²) in [7, 11) is 0. The molecule has 2 aromatic rings. The first-order chi connectivity index (χ1) is 8.06. The molecule has 4 nitrogen and oxygen atoms in total. The minimum Gasteiger partial charge on any atom is -0.504 e. The van der Waals surface area contributed by atoms with Crippen LogP contribution in [0.25, 0.3) is 5.65 Å². The van der Waals surface area contributed by atoms with Crippen LogP contribution in [0, 0.1) is 0 Å². The van der Waals surface area contributed by atoms with E-state index in [1.807, 2.05) is 20.8 Å². The SMILES string of the molecule is CCc1ccn2c(=O)c(C(C)C)cnc2c1O. The van der Waals surface area contributed by atoms with Crippen molar-refractivity contribution in [3.8, 4) is 5.75 Å². The van der Waals surface area contributed by atoms with Crippen LogP contribution in [-0.4, -0.2) is 14.5 Å². The Balaban J connectivity index is 2.82. The zero-order valence-electron chi connectivity index (χ0n) is 10.3. The first-order valence-electron chi connectivity index (χ1n) is 5.78. The first kappa shape index (κ1) is 11.6. The molecule has 0 radical (unpaired) electrons. The number of fused-ring (bicyclic) bond motifs is 1. The highest BCUT2D eigenvalue weighted by Gasteiger charge is 2.12. The lowest BCUT2D eigenvalue weighted by molar-refractivity contribution is 0.470. The van der Waals surface area contributed by atoms with Gasteiger partial charge < -0.3 is 5.11 Å². The molecule has 0 saturated heterocycles. The molecule has 0 atom stereocenters. The maximum Gasteiger partial charge on any atom is 0.261 e. The van der Waals surface area contributed by atoms with Crippen molar-refractivity contribution in [2.75, 3.05) is 0 Å². The van der Waals surface area contributed by atoms with E-state index in [-0.39, 0.29) is 17.2 Å². The van der Waals surface area contributed by atoms with Crippen molar-refractivity contribution in [2.45, 2.75) is 33.1 Å². The van der Waals surface area contributed by atoms with E-state index in [4.69, 9.17) is 0 Å². The molecule has 0 aliphatic rings. The Hall–Kier alpha value is -1.84. The topological polar surface area (TPSA) is 54.6 Å². The minimum atomic E-state index is -0.108. The summed E-state index contributed by atoms with van der Waals surface area (Å²) < 4.78 is 1.41. The van der Waals surface area contributed by atoms with Gasteiger partial charge in [-0.3, -0.25) is 9.20 Å². The second kappa shape index (κ2) is 4.20. The van der Waals surface area contributed by atoms with Gasteiger partial charge in [-0.1, -0.05) is 20.8 Å². The van der Waals surface area contributed by atoms with E-state index in [1.54, 1.807) is 18.5 Å². The smallest absolute Gasteiger partial charge is 0.261 e. The lowest BCUT2D eigenvalue weighted by atomic mass is 10.1. The molecule has 0 saturated carbocycles. The quantitative estimate of drug-likeness (QED) is 0.862. The van der Waals surface area contributed by atoms with Gasteiger partial charge in [0.2, 0.25) is 0 Å². The average Bonchev–Trinajstić information content (AvgIpc) is 2.30. The number of hydrogen-bond donors (Lipinski definition) is 1. The molecule has 4 heteroatoms. The first-order valence-corrected chi connectivity index (χ1v) is 5.78. The van der Waals surface area contributed by atoms with Crippen LogP contribution in [-0.2, 0) is 6.42 Å². The fourth-order valence-corrected chi connectivity index (χ4v) is 1.87. The fourth-order valence-electron chi connectivity index (χ4n) is 1.87. The summed E-state index contributed by atoms with van der Waals surface area (Å²) in [6.45, 7) is 5.85. The second-order valence-electron chi connectivity index (χ2n) is 4.41. The number of hydrogen-bond acceptors (Lipinski definition) is 3. The van der Waals surface area contributed by atoms with Gasteiger partial charge >= 0.3 is 0 Å². The molecule has 0 unspecified atom stereocenters. The molecule has 0 aromatic carbocycles. The Morgan fingerprint density at radius 3 is 2.76 bits per heavy atom. The molecule has 2 heterocycles. The molecule has 17 heavy (non-hydrogen) atoms. The van der Waals surface area contributed by atoms with Crippen LogP contribution in [0.15, 0.2) is 23.3 Å². The van der Waals surface area contributed by atoms with Gasteiger partial charge in [-0.25, -0.2) is 4.98 Å². The molecule has 0 aliphatic carbocycles. The van der Waals surface area contributed by atoms with E-state index in [0.29, 0.717) is 17.6 Å². The third kappa shape index (κ3) is 1.79. The van der Waals surface area contributed by atoms with Crippen molar-refractivity contribution in [3.05, 3.63) is 39.9 Å². The minimum absolute atomic E-state index is 0.0995. The van der Waals surface area contributed by atoms with Gasteiger partial charge in [0.1, 0.15) is 0 Å². The third-order valence-electron chi connectivity index (χ3n) is 2.96. The van der Waals surface area contributed by atoms with Gasteiger partial charge in [0, 0.05) is 18.0 Å². The molecule has 90 valence electrons. The van der Waals surface area contributed by atoms with Gasteiger partial charge in [0.25, 0.3) is 5.56 Å². The Kier molecular flexibility index (Phi) is 2.88. The fraction of sp³-hybridized carbons (Fsp3) is 0.385. The lowest BCUT2D eigenvalue weighted by Crippen LogP contribution is -2.20. The van der Waals surface area contributed by atoms with Crippen LogP contribution >= 0.6 is 0 Å². The number of aromatic hydroxyl groups is 1. The lowest BCUT2D eigenvalue weighted by Gasteiger charge is -2.09. The van der Waals surface area contributed by atoms with E-state index in [0.717, 1.165) is 5.56 Å². The molecular weight excluding hydrogens is 216 g/mol. The van der Waals surface area contributed by atoms with Crippen LogP contribution < -0.4 is 5.56 Å². The molecule has 0 spiro atoms. The molecule has 0 bridgehead atoms. The number of aryl methyl sites for hydroxylation is 1. The van der Waals surface area contributed by atoms with E-state index >= 15 is 0 Å². The highest BCUT2D eigenvalue weighted by molar-refractivity contribution is 5.56. The van der Waals surface area contributed by atoms with E-state index in [9.17, 15) is 9.90 Å². The highest BCUT2D eigenvalue weighted by atomic mass is 16.3. The predicted molar refractivity (Wildman–Crippen MR) is 66.6 cm³/mol. The summed E-state index contributed by atoms with van der Waals surface area (Å²) in [6.07, 6.45) is 3.95. The van der Waals surface area contributed by atoms with Crippen LogP contribution in [0.3, 0.4) is 0 Å². The largest absolute Gasteiger partial charge is 0.504 e.